The van der Waals surface area contributed by atoms with Gasteiger partial charge in [0.1, 0.15) is 5.82 Å². The predicted octanol–water partition coefficient (Wildman–Crippen LogP) is 0.673. The van der Waals surface area contributed by atoms with Crippen molar-refractivity contribution in [1.82, 2.24) is 10.3 Å². The van der Waals surface area contributed by atoms with E-state index in [9.17, 15) is 4.79 Å². The molecule has 1 saturated heterocycles. The average molecular weight is 169 g/mol. The van der Waals surface area contributed by atoms with Crippen molar-refractivity contribution in [2.75, 3.05) is 18.0 Å². The van der Waals surface area contributed by atoms with Crippen molar-refractivity contribution in [2.45, 2.75) is 0 Å². The third kappa shape index (κ3) is 1.07. The van der Waals surface area contributed by atoms with Gasteiger partial charge in [0.05, 0.1) is 5.51 Å². The van der Waals surface area contributed by atoms with Gasteiger partial charge >= 0.3 is 6.03 Å². The van der Waals surface area contributed by atoms with E-state index in [2.05, 4.69) is 10.3 Å². The number of anilines is 1. The van der Waals surface area contributed by atoms with Crippen molar-refractivity contribution in [1.29, 1.82) is 0 Å². The van der Waals surface area contributed by atoms with Crippen LogP contribution in [0.3, 0.4) is 0 Å². The fraction of sp³-hybridized carbons (Fsp3) is 0.333. The standard InChI is InChI=1S/C6H7N3OS/c10-6-7-1-2-9(6)5-3-11-4-8-5/h3-4H,1-2H2,(H,7,10). The number of carbonyl (C=O) groups excluding carboxylic acids is 1. The van der Waals surface area contributed by atoms with E-state index in [1.54, 1.807) is 10.4 Å². The Hall–Kier alpha value is -1.10. The number of urea groups is 1. The Morgan fingerprint density at radius 3 is 3.18 bits per heavy atom. The lowest BCUT2D eigenvalue weighted by molar-refractivity contribution is 0.252. The van der Waals surface area contributed by atoms with Crippen LogP contribution >= 0.6 is 11.3 Å². The summed E-state index contributed by atoms with van der Waals surface area (Å²) in [6.45, 7) is 1.44. The lowest BCUT2D eigenvalue weighted by atomic mass is 10.6. The molecule has 0 aromatic carbocycles. The zero-order chi connectivity index (χ0) is 7.68. The van der Waals surface area contributed by atoms with Gasteiger partial charge in [-0.05, 0) is 0 Å². The van der Waals surface area contributed by atoms with Gasteiger partial charge in [-0.3, -0.25) is 4.90 Å². The molecule has 0 spiro atoms. The van der Waals surface area contributed by atoms with E-state index >= 15 is 0 Å². The lowest BCUT2D eigenvalue weighted by Crippen LogP contribution is -2.27. The van der Waals surface area contributed by atoms with Crippen LogP contribution in [0.1, 0.15) is 0 Å². The maximum Gasteiger partial charge on any atom is 0.323 e. The van der Waals surface area contributed by atoms with Crippen molar-refractivity contribution < 1.29 is 4.79 Å². The SMILES string of the molecule is O=C1NCCN1c1cscn1. The summed E-state index contributed by atoms with van der Waals surface area (Å²) in [5.41, 5.74) is 1.72. The Balaban J connectivity index is 2.23. The summed E-state index contributed by atoms with van der Waals surface area (Å²) < 4.78 is 0. The van der Waals surface area contributed by atoms with Crippen molar-refractivity contribution in [2.24, 2.45) is 0 Å². The van der Waals surface area contributed by atoms with Gasteiger partial charge < -0.3 is 5.32 Å². The molecule has 0 unspecified atom stereocenters. The Morgan fingerprint density at radius 2 is 2.64 bits per heavy atom. The van der Waals surface area contributed by atoms with E-state index < -0.39 is 0 Å². The lowest BCUT2D eigenvalue weighted by Gasteiger charge is -2.08. The van der Waals surface area contributed by atoms with E-state index in [0.717, 1.165) is 18.9 Å². The number of rotatable bonds is 1. The largest absolute Gasteiger partial charge is 0.336 e. The molecule has 0 saturated carbocycles. The summed E-state index contributed by atoms with van der Waals surface area (Å²) in [5.74, 6) is 0.755. The predicted molar refractivity (Wildman–Crippen MR) is 42.9 cm³/mol. The number of hydrogen-bond acceptors (Lipinski definition) is 3. The molecule has 2 amide bonds. The number of thiazole rings is 1. The van der Waals surface area contributed by atoms with Gasteiger partial charge in [-0.2, -0.15) is 0 Å². The van der Waals surface area contributed by atoms with Crippen LogP contribution in [0.5, 0.6) is 0 Å². The molecule has 1 aromatic rings. The minimum atomic E-state index is -0.0455. The molecule has 1 aliphatic heterocycles. The number of carbonyl (C=O) groups is 1. The first-order valence-electron chi connectivity index (χ1n) is 3.31. The molecular formula is C6H7N3OS. The van der Waals surface area contributed by atoms with Crippen LogP contribution < -0.4 is 10.2 Å². The van der Waals surface area contributed by atoms with Gasteiger partial charge in [0, 0.05) is 18.5 Å². The molecule has 58 valence electrons. The maximum absolute atomic E-state index is 11.1. The van der Waals surface area contributed by atoms with E-state index in [4.69, 9.17) is 0 Å². The van der Waals surface area contributed by atoms with Crippen LogP contribution in [0.15, 0.2) is 10.9 Å². The van der Waals surface area contributed by atoms with Gasteiger partial charge in [-0.1, -0.05) is 0 Å². The van der Waals surface area contributed by atoms with Crippen LogP contribution in [0.25, 0.3) is 0 Å². The second kappa shape index (κ2) is 2.50. The number of amides is 2. The summed E-state index contributed by atoms with van der Waals surface area (Å²) >= 11 is 1.50. The van der Waals surface area contributed by atoms with Gasteiger partial charge in [0.25, 0.3) is 0 Å². The van der Waals surface area contributed by atoms with Crippen LogP contribution in [-0.4, -0.2) is 24.1 Å². The molecule has 2 heterocycles. The molecule has 0 atom stereocenters. The van der Waals surface area contributed by atoms with Crippen molar-refractivity contribution in [3.05, 3.63) is 10.9 Å². The highest BCUT2D eigenvalue weighted by molar-refractivity contribution is 7.07. The highest BCUT2D eigenvalue weighted by atomic mass is 32.1. The molecule has 1 aliphatic rings. The number of nitrogens with zero attached hydrogens (tertiary/aromatic N) is 2. The molecule has 0 radical (unpaired) electrons. The molecule has 5 heteroatoms. The highest BCUT2D eigenvalue weighted by Crippen LogP contribution is 2.15. The van der Waals surface area contributed by atoms with Gasteiger partial charge in [-0.25, -0.2) is 9.78 Å². The first kappa shape index (κ1) is 6.60. The third-order valence-electron chi connectivity index (χ3n) is 1.55. The van der Waals surface area contributed by atoms with Gasteiger partial charge in [-0.15, -0.1) is 11.3 Å². The summed E-state index contributed by atoms with van der Waals surface area (Å²) in [6.07, 6.45) is 0. The zero-order valence-electron chi connectivity index (χ0n) is 5.78. The molecule has 1 aromatic heterocycles. The molecule has 11 heavy (non-hydrogen) atoms. The summed E-state index contributed by atoms with van der Waals surface area (Å²) in [4.78, 5) is 16.7. The number of hydrogen-bond donors (Lipinski definition) is 1. The Bertz CT molecular complexity index is 259. The molecule has 4 nitrogen and oxygen atoms in total. The molecule has 1 N–H and O–H groups in total. The highest BCUT2D eigenvalue weighted by Gasteiger charge is 2.21. The fourth-order valence-electron chi connectivity index (χ4n) is 1.03. The summed E-state index contributed by atoms with van der Waals surface area (Å²) in [6, 6.07) is -0.0455. The van der Waals surface area contributed by atoms with E-state index in [1.807, 2.05) is 5.38 Å². The average Bonchev–Trinajstić information content (AvgIpc) is 2.55. The molecule has 2 rings (SSSR count). The second-order valence-corrected chi connectivity index (χ2v) is 2.95. The number of nitrogens with one attached hydrogen (secondary N) is 1. The summed E-state index contributed by atoms with van der Waals surface area (Å²) in [7, 11) is 0. The second-order valence-electron chi connectivity index (χ2n) is 2.23. The first-order valence-corrected chi connectivity index (χ1v) is 4.26. The van der Waals surface area contributed by atoms with E-state index in [0.29, 0.717) is 0 Å². The normalized spacial score (nSPS) is 17.1. The van der Waals surface area contributed by atoms with Crippen molar-refractivity contribution in [3.63, 3.8) is 0 Å². The van der Waals surface area contributed by atoms with E-state index in [1.165, 1.54) is 11.3 Å². The van der Waals surface area contributed by atoms with Crippen LogP contribution in [-0.2, 0) is 0 Å². The minimum Gasteiger partial charge on any atom is -0.336 e. The minimum absolute atomic E-state index is 0.0455. The Labute approximate surface area is 67.9 Å². The van der Waals surface area contributed by atoms with Gasteiger partial charge in [0.2, 0.25) is 0 Å². The first-order chi connectivity index (χ1) is 5.38. The molecular weight excluding hydrogens is 162 g/mol. The Kier molecular flexibility index (Phi) is 1.50. The Morgan fingerprint density at radius 1 is 1.73 bits per heavy atom. The smallest absolute Gasteiger partial charge is 0.323 e. The van der Waals surface area contributed by atoms with Crippen LogP contribution in [0.2, 0.25) is 0 Å². The monoisotopic (exact) mass is 169 g/mol. The topological polar surface area (TPSA) is 45.2 Å². The third-order valence-corrected chi connectivity index (χ3v) is 2.13. The fourth-order valence-corrected chi connectivity index (χ4v) is 1.57. The van der Waals surface area contributed by atoms with Crippen molar-refractivity contribution in [3.8, 4) is 0 Å². The molecule has 0 aliphatic carbocycles. The van der Waals surface area contributed by atoms with Crippen LogP contribution in [0.4, 0.5) is 10.6 Å². The van der Waals surface area contributed by atoms with E-state index in [-0.39, 0.29) is 6.03 Å². The van der Waals surface area contributed by atoms with Gasteiger partial charge in [0.15, 0.2) is 0 Å². The zero-order valence-corrected chi connectivity index (χ0v) is 6.60. The van der Waals surface area contributed by atoms with Crippen molar-refractivity contribution >= 4 is 23.2 Å². The quantitative estimate of drug-likeness (QED) is 0.671. The molecule has 0 bridgehead atoms. The molecule has 1 fully saturated rings. The maximum atomic E-state index is 11.1. The van der Waals surface area contributed by atoms with Crippen LogP contribution in [0, 0.1) is 0 Å². The summed E-state index contributed by atoms with van der Waals surface area (Å²) in [5, 5.41) is 4.58. The number of aromatic nitrogens is 1.